The van der Waals surface area contributed by atoms with Gasteiger partial charge in [-0.25, -0.2) is 0 Å². The first kappa shape index (κ1) is 13.1. The molecule has 0 fully saturated rings. The van der Waals surface area contributed by atoms with Gasteiger partial charge in [-0.2, -0.15) is 5.90 Å². The van der Waals surface area contributed by atoms with E-state index in [1.54, 1.807) is 11.8 Å². The third-order valence-electron chi connectivity index (χ3n) is 3.33. The van der Waals surface area contributed by atoms with Crippen LogP contribution in [0.2, 0.25) is 0 Å². The highest BCUT2D eigenvalue weighted by Gasteiger charge is 2.23. The van der Waals surface area contributed by atoms with Gasteiger partial charge >= 0.3 is 0 Å². The van der Waals surface area contributed by atoms with Crippen LogP contribution < -0.4 is 21.0 Å². The fraction of sp³-hybridized carbons (Fsp3) is 0.200. The average Bonchev–Trinajstić information content (AvgIpc) is 2.90. The maximum atomic E-state index is 5.20. The second-order valence-electron chi connectivity index (χ2n) is 4.90. The summed E-state index contributed by atoms with van der Waals surface area (Å²) >= 11 is 1.77. The molecule has 0 bridgehead atoms. The number of hydrogen-bond donors (Lipinski definition) is 2. The summed E-state index contributed by atoms with van der Waals surface area (Å²) in [4.78, 5) is 8.03. The average molecular weight is 287 g/mol. The predicted octanol–water partition coefficient (Wildman–Crippen LogP) is 3.22. The lowest BCUT2D eigenvalue weighted by Crippen LogP contribution is -2.08. The molecule has 0 saturated carbocycles. The standard InChI is InChI=1S/C15H17N3OS/c1-18(2)11-5-3-10(4-6-11)15-17-13-8-7-12(19-16)9-14(13)20-15/h3-9,15,17H,16H2,1-2H3. The first-order chi connectivity index (χ1) is 9.67. The minimum atomic E-state index is 0.231. The van der Waals surface area contributed by atoms with Gasteiger partial charge in [-0.1, -0.05) is 23.9 Å². The lowest BCUT2D eigenvalue weighted by Gasteiger charge is -2.15. The lowest BCUT2D eigenvalue weighted by atomic mass is 10.2. The van der Waals surface area contributed by atoms with E-state index in [0.717, 1.165) is 10.6 Å². The molecule has 1 atom stereocenters. The smallest absolute Gasteiger partial charge is 0.148 e. The van der Waals surface area contributed by atoms with Crippen LogP contribution in [-0.4, -0.2) is 14.1 Å². The lowest BCUT2D eigenvalue weighted by molar-refractivity contribution is 0.334. The molecule has 104 valence electrons. The minimum Gasteiger partial charge on any atom is -0.411 e. The van der Waals surface area contributed by atoms with Crippen LogP contribution in [0.5, 0.6) is 5.75 Å². The van der Waals surface area contributed by atoms with E-state index in [1.165, 1.54) is 11.3 Å². The van der Waals surface area contributed by atoms with Crippen molar-refractivity contribution in [1.29, 1.82) is 0 Å². The monoisotopic (exact) mass is 287 g/mol. The van der Waals surface area contributed by atoms with Crippen LogP contribution in [0, 0.1) is 0 Å². The highest BCUT2D eigenvalue weighted by atomic mass is 32.2. The first-order valence-corrected chi connectivity index (χ1v) is 7.26. The summed E-state index contributed by atoms with van der Waals surface area (Å²) < 4.78 is 0. The van der Waals surface area contributed by atoms with Crippen molar-refractivity contribution in [2.24, 2.45) is 5.90 Å². The van der Waals surface area contributed by atoms with Crippen molar-refractivity contribution in [2.45, 2.75) is 10.3 Å². The quantitative estimate of drug-likeness (QED) is 0.849. The summed E-state index contributed by atoms with van der Waals surface area (Å²) in [6, 6.07) is 14.4. The van der Waals surface area contributed by atoms with Crippen LogP contribution >= 0.6 is 11.8 Å². The highest BCUT2D eigenvalue weighted by molar-refractivity contribution is 8.00. The van der Waals surface area contributed by atoms with E-state index >= 15 is 0 Å². The molecule has 0 saturated heterocycles. The number of hydrogen-bond acceptors (Lipinski definition) is 5. The molecule has 4 nitrogen and oxygen atoms in total. The zero-order valence-corrected chi connectivity index (χ0v) is 12.3. The van der Waals surface area contributed by atoms with Crippen molar-refractivity contribution in [3.8, 4) is 5.75 Å². The van der Waals surface area contributed by atoms with Gasteiger partial charge in [0.15, 0.2) is 0 Å². The second-order valence-corrected chi connectivity index (χ2v) is 6.05. The van der Waals surface area contributed by atoms with Crippen LogP contribution in [0.25, 0.3) is 0 Å². The molecule has 3 rings (SSSR count). The van der Waals surface area contributed by atoms with Crippen molar-refractivity contribution in [2.75, 3.05) is 24.3 Å². The van der Waals surface area contributed by atoms with E-state index in [9.17, 15) is 0 Å². The molecule has 2 aromatic rings. The number of rotatable bonds is 3. The van der Waals surface area contributed by atoms with Crippen LogP contribution in [0.1, 0.15) is 10.9 Å². The van der Waals surface area contributed by atoms with Gasteiger partial charge in [0.1, 0.15) is 11.1 Å². The zero-order valence-electron chi connectivity index (χ0n) is 11.5. The van der Waals surface area contributed by atoms with Crippen LogP contribution in [0.3, 0.4) is 0 Å². The maximum absolute atomic E-state index is 5.20. The number of anilines is 2. The molecule has 0 aromatic heterocycles. The van der Waals surface area contributed by atoms with Gasteiger partial charge in [-0.3, -0.25) is 0 Å². The molecular weight excluding hydrogens is 270 g/mol. The number of benzene rings is 2. The highest BCUT2D eigenvalue weighted by Crippen LogP contribution is 2.47. The van der Waals surface area contributed by atoms with Gasteiger partial charge in [-0.05, 0) is 35.9 Å². The summed E-state index contributed by atoms with van der Waals surface area (Å²) in [6.07, 6.45) is 0. The number of nitrogens with two attached hydrogens (primary N) is 1. The topological polar surface area (TPSA) is 50.5 Å². The molecule has 1 unspecified atom stereocenters. The van der Waals surface area contributed by atoms with Crippen LogP contribution in [0.15, 0.2) is 47.4 Å². The molecule has 1 aliphatic heterocycles. The van der Waals surface area contributed by atoms with Gasteiger partial charge < -0.3 is 15.1 Å². The fourth-order valence-corrected chi connectivity index (χ4v) is 3.36. The Kier molecular flexibility index (Phi) is 3.46. The Balaban J connectivity index is 1.80. The van der Waals surface area contributed by atoms with Crippen LogP contribution in [-0.2, 0) is 0 Å². The van der Waals surface area contributed by atoms with E-state index in [4.69, 9.17) is 10.7 Å². The Labute approximate surface area is 122 Å². The summed E-state index contributed by atoms with van der Waals surface area (Å²) in [5.74, 6) is 5.88. The van der Waals surface area contributed by atoms with Crippen molar-refractivity contribution in [3.05, 3.63) is 48.0 Å². The van der Waals surface area contributed by atoms with Crippen molar-refractivity contribution < 1.29 is 4.84 Å². The number of thioether (sulfide) groups is 1. The largest absolute Gasteiger partial charge is 0.411 e. The molecule has 0 radical (unpaired) electrons. The predicted molar refractivity (Wildman–Crippen MR) is 84.2 cm³/mol. The van der Waals surface area contributed by atoms with Gasteiger partial charge in [0.2, 0.25) is 0 Å². The molecule has 3 N–H and O–H groups in total. The molecule has 20 heavy (non-hydrogen) atoms. The Hall–Kier alpha value is -1.85. The van der Waals surface area contributed by atoms with Gasteiger partial charge in [0.05, 0.1) is 0 Å². The van der Waals surface area contributed by atoms with E-state index in [0.29, 0.717) is 5.75 Å². The SMILES string of the molecule is CN(C)c1ccc(C2Nc3ccc(ON)cc3S2)cc1. The molecular formula is C15H17N3OS. The molecule has 1 aliphatic rings. The Morgan fingerprint density at radius 3 is 2.55 bits per heavy atom. The molecule has 5 heteroatoms. The third-order valence-corrected chi connectivity index (χ3v) is 4.55. The van der Waals surface area contributed by atoms with Crippen LogP contribution in [0.4, 0.5) is 11.4 Å². The summed E-state index contributed by atoms with van der Waals surface area (Å²) in [5.41, 5.74) is 3.58. The summed E-state index contributed by atoms with van der Waals surface area (Å²) in [7, 11) is 4.09. The minimum absolute atomic E-state index is 0.231. The zero-order chi connectivity index (χ0) is 14.1. The molecule has 0 spiro atoms. The normalized spacial score (nSPS) is 16.4. The van der Waals surface area contributed by atoms with Crippen molar-refractivity contribution in [1.82, 2.24) is 0 Å². The Morgan fingerprint density at radius 2 is 1.90 bits per heavy atom. The Morgan fingerprint density at radius 1 is 1.15 bits per heavy atom. The molecule has 0 aliphatic carbocycles. The number of nitrogens with zero attached hydrogens (tertiary/aromatic N) is 1. The van der Waals surface area contributed by atoms with Crippen molar-refractivity contribution >= 4 is 23.1 Å². The van der Waals surface area contributed by atoms with E-state index in [1.807, 2.05) is 32.3 Å². The second kappa shape index (κ2) is 5.26. The molecule has 1 heterocycles. The number of fused-ring (bicyclic) bond motifs is 1. The van der Waals surface area contributed by atoms with E-state index in [-0.39, 0.29) is 5.37 Å². The first-order valence-electron chi connectivity index (χ1n) is 6.38. The third kappa shape index (κ3) is 2.42. The fourth-order valence-electron chi connectivity index (χ4n) is 2.19. The Bertz CT molecular complexity index is 613. The maximum Gasteiger partial charge on any atom is 0.148 e. The molecule has 0 amide bonds. The molecule has 2 aromatic carbocycles. The number of nitrogens with one attached hydrogen (secondary N) is 1. The van der Waals surface area contributed by atoms with Gasteiger partial charge in [0, 0.05) is 30.4 Å². The van der Waals surface area contributed by atoms with Gasteiger partial charge in [-0.15, -0.1) is 0 Å². The summed E-state index contributed by atoms with van der Waals surface area (Å²) in [5, 5.41) is 3.73. The van der Waals surface area contributed by atoms with E-state index < -0.39 is 0 Å². The van der Waals surface area contributed by atoms with Crippen molar-refractivity contribution in [3.63, 3.8) is 0 Å². The van der Waals surface area contributed by atoms with E-state index in [2.05, 4.69) is 34.5 Å². The van der Waals surface area contributed by atoms with Gasteiger partial charge in [0.25, 0.3) is 0 Å². The summed E-state index contributed by atoms with van der Waals surface area (Å²) in [6.45, 7) is 0.